The minimum Gasteiger partial charge on any atom is -0.369 e. The molecule has 1 saturated carbocycles. The number of hydrogen-bond acceptors (Lipinski definition) is 5. The molecule has 0 radical (unpaired) electrons. The summed E-state index contributed by atoms with van der Waals surface area (Å²) in [7, 11) is 0. The summed E-state index contributed by atoms with van der Waals surface area (Å²) in [6.07, 6.45) is 2.34. The molecule has 8 nitrogen and oxygen atoms in total. The first-order valence-corrected chi connectivity index (χ1v) is 8.68. The Morgan fingerprint density at radius 1 is 1.27 bits per heavy atom. The topological polar surface area (TPSA) is 110 Å². The van der Waals surface area contributed by atoms with Crippen LogP contribution >= 0.6 is 12.4 Å². The summed E-state index contributed by atoms with van der Waals surface area (Å²) in [5.74, 6) is 0.396. The summed E-state index contributed by atoms with van der Waals surface area (Å²) in [4.78, 5) is 41.5. The molecule has 2 aliphatic rings. The highest BCUT2D eigenvalue weighted by Crippen LogP contribution is 2.41. The van der Waals surface area contributed by atoms with Gasteiger partial charge in [-0.25, -0.2) is 4.79 Å². The number of nitrogens with two attached hydrogens (primary N) is 1. The molecule has 0 bridgehead atoms. The van der Waals surface area contributed by atoms with Crippen LogP contribution in [0.4, 0.5) is 0 Å². The van der Waals surface area contributed by atoms with Gasteiger partial charge in [0.15, 0.2) is 0 Å². The van der Waals surface area contributed by atoms with E-state index >= 15 is 0 Å². The second-order valence-electron chi connectivity index (χ2n) is 7.24. The average Bonchev–Trinajstić information content (AvgIpc) is 3.26. The molecule has 0 aromatic carbocycles. The molecular weight excluding hydrogens is 358 g/mol. The Hall–Kier alpha value is -1.93. The molecule has 2 heterocycles. The van der Waals surface area contributed by atoms with Crippen LogP contribution < -0.4 is 16.7 Å². The van der Waals surface area contributed by atoms with Crippen molar-refractivity contribution in [2.45, 2.75) is 39.3 Å². The first kappa shape index (κ1) is 20.4. The fraction of sp³-hybridized carbons (Fsp3) is 0.647. The van der Waals surface area contributed by atoms with Gasteiger partial charge in [-0.2, -0.15) is 4.98 Å². The van der Waals surface area contributed by atoms with Gasteiger partial charge >= 0.3 is 5.69 Å². The van der Waals surface area contributed by atoms with E-state index in [9.17, 15) is 14.4 Å². The van der Waals surface area contributed by atoms with Gasteiger partial charge in [0.05, 0.1) is 6.54 Å². The van der Waals surface area contributed by atoms with Gasteiger partial charge in [-0.15, -0.1) is 12.4 Å². The Morgan fingerprint density at radius 3 is 2.54 bits per heavy atom. The number of hydrogen-bond donors (Lipinski definition) is 2. The lowest BCUT2D eigenvalue weighted by Crippen LogP contribution is -2.44. The third kappa shape index (κ3) is 4.82. The smallest absolute Gasteiger partial charge is 0.348 e. The van der Waals surface area contributed by atoms with E-state index in [4.69, 9.17) is 5.73 Å². The average molecular weight is 384 g/mol. The first-order chi connectivity index (χ1) is 11.8. The Balaban J connectivity index is 0.00000243. The Morgan fingerprint density at radius 2 is 1.96 bits per heavy atom. The van der Waals surface area contributed by atoms with Gasteiger partial charge in [-0.1, -0.05) is 0 Å². The highest BCUT2D eigenvalue weighted by Gasteiger charge is 2.43. The molecule has 3 rings (SSSR count). The van der Waals surface area contributed by atoms with Crippen molar-refractivity contribution in [3.8, 4) is 0 Å². The molecule has 1 saturated heterocycles. The van der Waals surface area contributed by atoms with E-state index in [2.05, 4.69) is 10.3 Å². The summed E-state index contributed by atoms with van der Waals surface area (Å²) >= 11 is 0. The number of halogens is 1. The highest BCUT2D eigenvalue weighted by atomic mass is 35.5. The molecule has 3 N–H and O–H groups in total. The van der Waals surface area contributed by atoms with Crippen LogP contribution in [0, 0.1) is 25.7 Å². The summed E-state index contributed by atoms with van der Waals surface area (Å²) < 4.78 is 1.38. The molecule has 144 valence electrons. The number of aryl methyl sites for hydroxylation is 2. The number of carbonyl (C=O) groups is 2. The maximum atomic E-state index is 12.5. The minimum absolute atomic E-state index is 0. The maximum absolute atomic E-state index is 12.5. The highest BCUT2D eigenvalue weighted by molar-refractivity contribution is 5.85. The van der Waals surface area contributed by atoms with Gasteiger partial charge in [-0.05, 0) is 44.6 Å². The third-order valence-corrected chi connectivity index (χ3v) is 5.04. The van der Waals surface area contributed by atoms with Crippen LogP contribution in [0.25, 0.3) is 0 Å². The van der Waals surface area contributed by atoms with E-state index in [1.54, 1.807) is 19.9 Å². The van der Waals surface area contributed by atoms with Crippen LogP contribution in [0.15, 0.2) is 10.9 Å². The van der Waals surface area contributed by atoms with Crippen molar-refractivity contribution in [3.05, 3.63) is 27.9 Å². The normalized spacial score (nSPS) is 22.7. The lowest BCUT2D eigenvalue weighted by molar-refractivity contribution is -0.122. The first-order valence-electron chi connectivity index (χ1n) is 8.68. The molecule has 0 spiro atoms. The number of carbonyl (C=O) groups excluding carboxylic acids is 2. The summed E-state index contributed by atoms with van der Waals surface area (Å²) in [6.45, 7) is 5.13. The number of rotatable bonds is 6. The fourth-order valence-corrected chi connectivity index (χ4v) is 3.78. The summed E-state index contributed by atoms with van der Waals surface area (Å²) in [5.41, 5.74) is 6.24. The van der Waals surface area contributed by atoms with Crippen molar-refractivity contribution in [1.82, 2.24) is 19.8 Å². The van der Waals surface area contributed by atoms with Crippen LogP contribution in [0.5, 0.6) is 0 Å². The molecular formula is C17H26ClN5O3. The predicted octanol–water partition coefficient (Wildman–Crippen LogP) is -0.406. The molecule has 1 aromatic heterocycles. The lowest BCUT2D eigenvalue weighted by Gasteiger charge is -2.20. The molecule has 2 fully saturated rings. The molecule has 2 amide bonds. The molecule has 0 unspecified atom stereocenters. The molecule has 26 heavy (non-hydrogen) atoms. The fourth-order valence-electron chi connectivity index (χ4n) is 3.78. The predicted molar refractivity (Wildman–Crippen MR) is 99.0 cm³/mol. The van der Waals surface area contributed by atoms with Crippen LogP contribution in [0.2, 0.25) is 0 Å². The molecule has 1 aliphatic heterocycles. The standard InChI is InChI=1S/C17H25N5O3.ClH/c1-10-5-11(2)22(17(25)19-10)9-16(24)20-14-7-21(8-15(18)23)6-13(14)12-3-4-12;/h5,12-14H,3-4,6-9H2,1-2H3,(H2,18,23)(H,20,24);1H/t13-,14+;/m1./s1. The van der Waals surface area contributed by atoms with E-state index < -0.39 is 5.69 Å². The van der Waals surface area contributed by atoms with Crippen LogP contribution in [-0.2, 0) is 16.1 Å². The second-order valence-corrected chi connectivity index (χ2v) is 7.24. The zero-order valence-corrected chi connectivity index (χ0v) is 15.9. The molecule has 1 aliphatic carbocycles. The number of nitrogens with one attached hydrogen (secondary N) is 1. The van der Waals surface area contributed by atoms with Crippen LogP contribution in [0.3, 0.4) is 0 Å². The summed E-state index contributed by atoms with van der Waals surface area (Å²) in [5, 5.41) is 3.05. The third-order valence-electron chi connectivity index (χ3n) is 5.04. The van der Waals surface area contributed by atoms with Crippen molar-refractivity contribution >= 4 is 24.2 Å². The zero-order valence-electron chi connectivity index (χ0n) is 15.1. The minimum atomic E-state index is -0.409. The number of nitrogens with zero attached hydrogens (tertiary/aromatic N) is 3. The van der Waals surface area contributed by atoms with Gasteiger partial charge < -0.3 is 11.1 Å². The van der Waals surface area contributed by atoms with E-state index in [0.717, 1.165) is 6.54 Å². The van der Waals surface area contributed by atoms with Gasteiger partial charge in [-0.3, -0.25) is 19.1 Å². The number of aromatic nitrogens is 2. The Bertz CT molecular complexity index is 746. The lowest BCUT2D eigenvalue weighted by atomic mass is 9.98. The number of primary amides is 1. The van der Waals surface area contributed by atoms with Gasteiger partial charge in [0, 0.05) is 30.5 Å². The molecule has 9 heteroatoms. The van der Waals surface area contributed by atoms with E-state index in [0.29, 0.717) is 29.8 Å². The summed E-state index contributed by atoms with van der Waals surface area (Å²) in [6, 6.07) is 1.78. The van der Waals surface area contributed by atoms with Crippen LogP contribution in [0.1, 0.15) is 24.2 Å². The Labute approximate surface area is 158 Å². The van der Waals surface area contributed by atoms with Crippen LogP contribution in [-0.4, -0.2) is 51.9 Å². The van der Waals surface area contributed by atoms with Gasteiger partial charge in [0.25, 0.3) is 0 Å². The van der Waals surface area contributed by atoms with Crippen molar-refractivity contribution in [1.29, 1.82) is 0 Å². The monoisotopic (exact) mass is 383 g/mol. The van der Waals surface area contributed by atoms with E-state index in [1.807, 2.05) is 4.90 Å². The SMILES string of the molecule is Cc1cc(C)n(CC(=O)N[C@H]2CN(CC(N)=O)C[C@@H]2C2CC2)c(=O)n1.Cl. The zero-order chi connectivity index (χ0) is 18.1. The number of likely N-dealkylation sites (tertiary alicyclic amines) is 1. The maximum Gasteiger partial charge on any atom is 0.348 e. The molecule has 1 aromatic rings. The van der Waals surface area contributed by atoms with E-state index in [1.165, 1.54) is 17.4 Å². The number of amides is 2. The van der Waals surface area contributed by atoms with Gasteiger partial charge in [0.1, 0.15) is 6.54 Å². The van der Waals surface area contributed by atoms with Crippen molar-refractivity contribution in [3.63, 3.8) is 0 Å². The quantitative estimate of drug-likeness (QED) is 0.694. The van der Waals surface area contributed by atoms with Crippen molar-refractivity contribution < 1.29 is 9.59 Å². The largest absolute Gasteiger partial charge is 0.369 e. The van der Waals surface area contributed by atoms with Crippen molar-refractivity contribution in [2.24, 2.45) is 17.6 Å². The Kier molecular flexibility index (Phi) is 6.41. The van der Waals surface area contributed by atoms with Crippen molar-refractivity contribution in [2.75, 3.05) is 19.6 Å². The van der Waals surface area contributed by atoms with E-state index in [-0.39, 0.29) is 43.4 Å². The second kappa shape index (κ2) is 8.18. The molecule has 2 atom stereocenters. The van der Waals surface area contributed by atoms with Gasteiger partial charge in [0.2, 0.25) is 11.8 Å².